The molecular formula is C9H11ClF3N3O3S. The summed E-state index contributed by atoms with van der Waals surface area (Å²) in [5.41, 5.74) is 5.30. The predicted octanol–water partition coefficient (Wildman–Crippen LogP) is 0.862. The van der Waals surface area contributed by atoms with Crippen LogP contribution in [0, 0.1) is 0 Å². The zero-order chi connectivity index (χ0) is 15.6. The van der Waals surface area contributed by atoms with Crippen molar-refractivity contribution in [3.05, 3.63) is 17.3 Å². The van der Waals surface area contributed by atoms with Crippen LogP contribution in [0.15, 0.2) is 17.2 Å². The molecule has 0 amide bonds. The summed E-state index contributed by atoms with van der Waals surface area (Å²) in [5.74, 6) is -0.143. The van der Waals surface area contributed by atoms with Crippen LogP contribution in [0.2, 0.25) is 5.02 Å². The topological polar surface area (TPSA) is 96.5 Å². The number of aromatic nitrogens is 1. The third kappa shape index (κ3) is 4.20. The lowest BCUT2D eigenvalue weighted by Crippen LogP contribution is -2.40. The van der Waals surface area contributed by atoms with Gasteiger partial charge in [-0.05, 0) is 6.07 Å². The van der Waals surface area contributed by atoms with Gasteiger partial charge in [-0.3, -0.25) is 0 Å². The molecule has 0 aliphatic heterocycles. The number of alkyl halides is 3. The largest absolute Gasteiger partial charge is 0.402 e. The maximum Gasteiger partial charge on any atom is 0.402 e. The molecule has 6 nitrogen and oxygen atoms in total. The van der Waals surface area contributed by atoms with Gasteiger partial charge in [-0.2, -0.15) is 17.5 Å². The molecule has 0 saturated carbocycles. The van der Waals surface area contributed by atoms with Crippen LogP contribution in [0.4, 0.5) is 19.0 Å². The quantitative estimate of drug-likeness (QED) is 0.833. The minimum atomic E-state index is -4.74. The first kappa shape index (κ1) is 17.0. The molecule has 1 aromatic heterocycles. The van der Waals surface area contributed by atoms with Gasteiger partial charge < -0.3 is 10.8 Å². The summed E-state index contributed by atoms with van der Waals surface area (Å²) in [7, 11) is -4.48. The number of halogens is 4. The highest BCUT2D eigenvalue weighted by molar-refractivity contribution is 7.89. The first-order valence-corrected chi connectivity index (χ1v) is 6.98. The second-order valence-corrected chi connectivity index (χ2v) is 6.06. The number of nitrogens with two attached hydrogens (primary N) is 1. The maximum atomic E-state index is 12.4. The summed E-state index contributed by atoms with van der Waals surface area (Å²) >= 11 is 5.59. The van der Waals surface area contributed by atoms with Crippen LogP contribution in [0.25, 0.3) is 0 Å². The number of aliphatic hydroxyl groups excluding tert-OH is 1. The fourth-order valence-electron chi connectivity index (χ4n) is 1.32. The van der Waals surface area contributed by atoms with Gasteiger partial charge in [-0.15, -0.1) is 0 Å². The lowest BCUT2D eigenvalue weighted by Gasteiger charge is -2.22. The number of hydrogen-bond acceptors (Lipinski definition) is 5. The minimum absolute atomic E-state index is 0.0938. The van der Waals surface area contributed by atoms with E-state index in [9.17, 15) is 21.6 Å². The van der Waals surface area contributed by atoms with Crippen molar-refractivity contribution in [1.82, 2.24) is 9.29 Å². The first-order valence-electron chi connectivity index (χ1n) is 5.16. The SMILES string of the molecule is Nc1ncc(S(=O)(=O)N(CCO)CC(F)(F)F)cc1Cl. The van der Waals surface area contributed by atoms with Gasteiger partial charge in [0.05, 0.1) is 11.6 Å². The Bertz CT molecular complexity index is 580. The van der Waals surface area contributed by atoms with E-state index in [0.717, 1.165) is 12.3 Å². The third-order valence-electron chi connectivity index (χ3n) is 2.19. The van der Waals surface area contributed by atoms with Gasteiger partial charge in [0, 0.05) is 12.7 Å². The number of nitrogens with zero attached hydrogens (tertiary/aromatic N) is 2. The molecule has 0 fully saturated rings. The predicted molar refractivity (Wildman–Crippen MR) is 65.6 cm³/mol. The highest BCUT2D eigenvalue weighted by atomic mass is 35.5. The molecule has 0 aliphatic carbocycles. The average Bonchev–Trinajstić information content (AvgIpc) is 2.30. The van der Waals surface area contributed by atoms with Crippen LogP contribution in [-0.2, 0) is 10.0 Å². The van der Waals surface area contributed by atoms with Crippen molar-refractivity contribution in [1.29, 1.82) is 0 Å². The van der Waals surface area contributed by atoms with E-state index >= 15 is 0 Å². The number of rotatable bonds is 5. The Morgan fingerprint density at radius 1 is 1.45 bits per heavy atom. The molecule has 1 rings (SSSR count). The molecule has 114 valence electrons. The third-order valence-corrected chi connectivity index (χ3v) is 4.30. The van der Waals surface area contributed by atoms with Crippen LogP contribution in [0.1, 0.15) is 0 Å². The summed E-state index contributed by atoms with van der Waals surface area (Å²) in [5, 5.41) is 8.51. The zero-order valence-electron chi connectivity index (χ0n) is 9.93. The molecule has 3 N–H and O–H groups in total. The van der Waals surface area contributed by atoms with E-state index in [4.69, 9.17) is 22.4 Å². The molecule has 0 aliphatic rings. The summed E-state index contributed by atoms with van der Waals surface area (Å²) in [6, 6.07) is 0.903. The van der Waals surface area contributed by atoms with E-state index in [1.165, 1.54) is 0 Å². The van der Waals surface area contributed by atoms with E-state index < -0.39 is 40.8 Å². The van der Waals surface area contributed by atoms with Crippen molar-refractivity contribution in [3.63, 3.8) is 0 Å². The standard InChI is InChI=1S/C9H11ClF3N3O3S/c10-7-3-6(4-15-8(7)14)20(18,19)16(1-2-17)5-9(11,12)13/h3-4,17H,1-2,5H2,(H2,14,15). The Hall–Kier alpha value is -1.10. The fourth-order valence-corrected chi connectivity index (χ4v) is 2.94. The number of anilines is 1. The molecular weight excluding hydrogens is 323 g/mol. The Morgan fingerprint density at radius 3 is 2.50 bits per heavy atom. The summed E-state index contributed by atoms with van der Waals surface area (Å²) < 4.78 is 61.3. The molecule has 1 aromatic rings. The summed E-state index contributed by atoms with van der Waals surface area (Å²) in [4.78, 5) is 2.95. The zero-order valence-corrected chi connectivity index (χ0v) is 11.5. The maximum absolute atomic E-state index is 12.4. The van der Waals surface area contributed by atoms with E-state index in [-0.39, 0.29) is 15.1 Å². The van der Waals surface area contributed by atoms with E-state index in [1.807, 2.05) is 0 Å². The smallest absolute Gasteiger partial charge is 0.395 e. The molecule has 0 unspecified atom stereocenters. The van der Waals surface area contributed by atoms with Crippen LogP contribution >= 0.6 is 11.6 Å². The lowest BCUT2D eigenvalue weighted by atomic mass is 10.5. The monoisotopic (exact) mass is 333 g/mol. The van der Waals surface area contributed by atoms with Gasteiger partial charge >= 0.3 is 6.18 Å². The van der Waals surface area contributed by atoms with Gasteiger partial charge in [0.25, 0.3) is 0 Å². The van der Waals surface area contributed by atoms with E-state index in [2.05, 4.69) is 4.98 Å². The van der Waals surface area contributed by atoms with Crippen molar-refractivity contribution in [2.24, 2.45) is 0 Å². The van der Waals surface area contributed by atoms with Gasteiger partial charge in [-0.1, -0.05) is 11.6 Å². The normalized spacial score (nSPS) is 12.9. The van der Waals surface area contributed by atoms with E-state index in [1.54, 1.807) is 0 Å². The number of aliphatic hydroxyl groups is 1. The Labute approximate surface area is 118 Å². The first-order chi connectivity index (χ1) is 9.08. The molecule has 0 atom stereocenters. The Morgan fingerprint density at radius 2 is 2.05 bits per heavy atom. The second-order valence-electron chi connectivity index (χ2n) is 3.72. The van der Waals surface area contributed by atoms with E-state index in [0.29, 0.717) is 0 Å². The molecule has 0 radical (unpaired) electrons. The molecule has 1 heterocycles. The van der Waals surface area contributed by atoms with Gasteiger partial charge in [-0.25, -0.2) is 13.4 Å². The van der Waals surface area contributed by atoms with Crippen LogP contribution in [-0.4, -0.2) is 48.7 Å². The lowest BCUT2D eigenvalue weighted by molar-refractivity contribution is -0.136. The molecule has 0 bridgehead atoms. The molecule has 0 aromatic carbocycles. The highest BCUT2D eigenvalue weighted by Gasteiger charge is 2.37. The van der Waals surface area contributed by atoms with Crippen LogP contribution in [0.3, 0.4) is 0 Å². The van der Waals surface area contributed by atoms with Crippen LogP contribution in [0.5, 0.6) is 0 Å². The van der Waals surface area contributed by atoms with Crippen molar-refractivity contribution in [2.45, 2.75) is 11.1 Å². The highest BCUT2D eigenvalue weighted by Crippen LogP contribution is 2.25. The molecule has 0 spiro atoms. The Balaban J connectivity index is 3.18. The Kier molecular flexibility index (Phi) is 5.19. The van der Waals surface area contributed by atoms with Crippen molar-refractivity contribution in [2.75, 3.05) is 25.4 Å². The minimum Gasteiger partial charge on any atom is -0.395 e. The molecule has 0 saturated heterocycles. The summed E-state index contributed by atoms with van der Waals surface area (Å²) in [6.45, 7) is -3.19. The van der Waals surface area contributed by atoms with Gasteiger partial charge in [0.15, 0.2) is 0 Å². The van der Waals surface area contributed by atoms with Crippen LogP contribution < -0.4 is 5.73 Å². The van der Waals surface area contributed by atoms with Crippen molar-refractivity contribution < 1.29 is 26.7 Å². The van der Waals surface area contributed by atoms with Crippen molar-refractivity contribution in [3.8, 4) is 0 Å². The number of hydrogen-bond donors (Lipinski definition) is 2. The number of pyridine rings is 1. The molecule has 20 heavy (non-hydrogen) atoms. The number of nitrogen functional groups attached to an aromatic ring is 1. The fraction of sp³-hybridized carbons (Fsp3) is 0.444. The van der Waals surface area contributed by atoms with Gasteiger partial charge in [0.1, 0.15) is 17.3 Å². The van der Waals surface area contributed by atoms with Crippen molar-refractivity contribution >= 4 is 27.4 Å². The summed E-state index contributed by atoms with van der Waals surface area (Å²) in [6.07, 6.45) is -3.94. The average molecular weight is 334 g/mol. The number of sulfonamides is 1. The van der Waals surface area contributed by atoms with Gasteiger partial charge in [0.2, 0.25) is 10.0 Å². The molecule has 11 heteroatoms. The second kappa shape index (κ2) is 6.12.